The van der Waals surface area contributed by atoms with Crippen molar-refractivity contribution in [3.05, 3.63) is 12.2 Å². The minimum atomic E-state index is -0.885. The average Bonchev–Trinajstić information content (AvgIpc) is 3.18. The maximum absolute atomic E-state index is 10.6. The van der Waals surface area contributed by atoms with Gasteiger partial charge in [0, 0.05) is 10.5 Å². The lowest BCUT2D eigenvalue weighted by Gasteiger charge is -2.45. The molecule has 2 N–H and O–H groups in total. The van der Waals surface area contributed by atoms with Crippen molar-refractivity contribution in [1.82, 2.24) is 0 Å². The van der Waals surface area contributed by atoms with Crippen LogP contribution in [-0.2, 0) is 9.31 Å². The molecular weight excluding hydrogens is 478 g/mol. The fourth-order valence-corrected chi connectivity index (χ4v) is 9.10. The van der Waals surface area contributed by atoms with Crippen LogP contribution < -0.4 is 0 Å². The minimum Gasteiger partial charge on any atom is -0.432 e. The first-order valence-corrected chi connectivity index (χ1v) is 16.1. The van der Waals surface area contributed by atoms with Crippen LogP contribution in [0.15, 0.2) is 12.2 Å². The van der Waals surface area contributed by atoms with Gasteiger partial charge in [0.2, 0.25) is 0 Å². The van der Waals surface area contributed by atoms with Crippen molar-refractivity contribution in [3.63, 3.8) is 0 Å². The van der Waals surface area contributed by atoms with Gasteiger partial charge in [-0.05, 0) is 123 Å². The molecule has 2 saturated carbocycles. The first-order chi connectivity index (χ1) is 17.1. The maximum atomic E-state index is 10.6. The van der Waals surface area contributed by atoms with Gasteiger partial charge in [-0.2, -0.15) is 11.8 Å². The van der Waals surface area contributed by atoms with Gasteiger partial charge >= 0.3 is 0 Å². The summed E-state index contributed by atoms with van der Waals surface area (Å²) in [7, 11) is 1.39. The molecule has 0 aromatic heterocycles. The Balaban J connectivity index is 1.44. The molecule has 4 aliphatic rings. The smallest absolute Gasteiger partial charge is 0.278 e. The Morgan fingerprint density at radius 2 is 1.27 bits per heavy atom. The van der Waals surface area contributed by atoms with E-state index in [1.807, 2.05) is 55.4 Å². The van der Waals surface area contributed by atoms with E-state index in [4.69, 9.17) is 9.31 Å². The second kappa shape index (κ2) is 11.1. The molecule has 4 rings (SSSR count). The van der Waals surface area contributed by atoms with Gasteiger partial charge in [-0.15, -0.1) is 0 Å². The molecule has 210 valence electrons. The van der Waals surface area contributed by atoms with Gasteiger partial charge in [0.1, 0.15) is 0 Å². The number of rotatable bonds is 9. The molecule has 1 saturated heterocycles. The lowest BCUT2D eigenvalue weighted by Crippen LogP contribution is -2.49. The highest BCUT2D eigenvalue weighted by Crippen LogP contribution is 2.57. The number of allylic oxidation sites excluding steroid dienone is 1. The second-order valence-electron chi connectivity index (χ2n) is 15.0. The number of hydrogen-bond donors (Lipinski definition) is 2. The summed E-state index contributed by atoms with van der Waals surface area (Å²) >= 11 is 2.28. The SMILES string of the molecule is CC(C)(O)C(C)(C)OBC1CC(BOC(C)(C)C(C)(C)O)CC(C2CCC3SC4C=CCCC4C3C2)C1. The van der Waals surface area contributed by atoms with E-state index in [1.165, 1.54) is 44.9 Å². The van der Waals surface area contributed by atoms with Crippen LogP contribution in [0.4, 0.5) is 0 Å². The molecule has 0 amide bonds. The molecule has 1 heterocycles. The summed E-state index contributed by atoms with van der Waals surface area (Å²) < 4.78 is 12.8. The van der Waals surface area contributed by atoms with E-state index in [1.54, 1.807) is 0 Å². The minimum absolute atomic E-state index is 0.486. The molecule has 0 spiro atoms. The highest BCUT2D eigenvalue weighted by molar-refractivity contribution is 8.01. The highest BCUT2D eigenvalue weighted by atomic mass is 32.2. The van der Waals surface area contributed by atoms with Gasteiger partial charge < -0.3 is 19.5 Å². The molecule has 0 aromatic rings. The molecule has 0 aromatic carbocycles. The Hall–Kier alpha value is 0.0599. The molecule has 0 radical (unpaired) electrons. The van der Waals surface area contributed by atoms with Crippen molar-refractivity contribution in [2.24, 2.45) is 23.7 Å². The van der Waals surface area contributed by atoms with Gasteiger partial charge in [0.05, 0.1) is 22.4 Å². The molecule has 3 fully saturated rings. The predicted molar refractivity (Wildman–Crippen MR) is 160 cm³/mol. The lowest BCUT2D eigenvalue weighted by atomic mass is 9.53. The average molecular weight is 532 g/mol. The molecule has 1 aliphatic heterocycles. The number of thioether (sulfide) groups is 1. The Bertz CT molecular complexity index is 764. The summed E-state index contributed by atoms with van der Waals surface area (Å²) in [6.45, 7) is 15.4. The third kappa shape index (κ3) is 6.87. The molecule has 7 heteroatoms. The van der Waals surface area contributed by atoms with E-state index in [0.29, 0.717) is 26.6 Å². The number of aliphatic hydroxyl groups is 2. The van der Waals surface area contributed by atoms with Crippen molar-refractivity contribution in [2.45, 2.75) is 151 Å². The second-order valence-corrected chi connectivity index (χ2v) is 16.4. The summed E-state index contributed by atoms with van der Waals surface area (Å²) in [4.78, 5) is 0. The number of hydrogen-bond acceptors (Lipinski definition) is 5. The van der Waals surface area contributed by atoms with Crippen LogP contribution in [0.1, 0.15) is 107 Å². The summed E-state index contributed by atoms with van der Waals surface area (Å²) in [6, 6.07) is 0. The molecule has 7 unspecified atom stereocenters. The summed E-state index contributed by atoms with van der Waals surface area (Å²) in [5, 5.41) is 22.9. The van der Waals surface area contributed by atoms with E-state index < -0.39 is 22.4 Å². The summed E-state index contributed by atoms with van der Waals surface area (Å²) in [5.41, 5.74) is -2.94. The Labute approximate surface area is 233 Å². The van der Waals surface area contributed by atoms with Gasteiger partial charge in [-0.3, -0.25) is 0 Å². The first kappa shape index (κ1) is 30.0. The summed E-state index contributed by atoms with van der Waals surface area (Å²) in [5.74, 6) is 4.29. The fraction of sp³-hybridized carbons (Fsp3) is 0.933. The monoisotopic (exact) mass is 532 g/mol. The van der Waals surface area contributed by atoms with Crippen LogP contribution >= 0.6 is 11.8 Å². The van der Waals surface area contributed by atoms with Crippen LogP contribution in [-0.4, -0.2) is 58.1 Å². The van der Waals surface area contributed by atoms with Crippen LogP contribution in [0.25, 0.3) is 0 Å². The third-order valence-electron chi connectivity index (χ3n) is 11.1. The quantitative estimate of drug-likeness (QED) is 0.279. The molecule has 4 nitrogen and oxygen atoms in total. The Morgan fingerprint density at radius 3 is 1.81 bits per heavy atom. The van der Waals surface area contributed by atoms with Crippen LogP contribution in [0.2, 0.25) is 11.6 Å². The van der Waals surface area contributed by atoms with Crippen LogP contribution in [0, 0.1) is 23.7 Å². The van der Waals surface area contributed by atoms with Gasteiger partial charge in [-0.1, -0.05) is 31.4 Å². The van der Waals surface area contributed by atoms with Gasteiger partial charge in [-0.25, -0.2) is 0 Å². The van der Waals surface area contributed by atoms with Crippen molar-refractivity contribution in [1.29, 1.82) is 0 Å². The first-order valence-electron chi connectivity index (χ1n) is 15.1. The highest BCUT2D eigenvalue weighted by Gasteiger charge is 2.48. The Kier molecular flexibility index (Phi) is 9.05. The van der Waals surface area contributed by atoms with Crippen LogP contribution in [0.3, 0.4) is 0 Å². The zero-order chi connectivity index (χ0) is 27.2. The Morgan fingerprint density at radius 1 is 0.703 bits per heavy atom. The van der Waals surface area contributed by atoms with Crippen molar-refractivity contribution in [3.8, 4) is 0 Å². The molecule has 3 aliphatic carbocycles. The number of fused-ring (bicyclic) bond motifs is 3. The maximum Gasteiger partial charge on any atom is 0.278 e. The predicted octanol–water partition coefficient (Wildman–Crippen LogP) is 6.07. The van der Waals surface area contributed by atoms with Crippen molar-refractivity contribution in [2.75, 3.05) is 0 Å². The zero-order valence-electron chi connectivity index (χ0n) is 25.0. The molecule has 7 atom stereocenters. The molecule has 37 heavy (non-hydrogen) atoms. The van der Waals surface area contributed by atoms with E-state index in [9.17, 15) is 10.2 Å². The van der Waals surface area contributed by atoms with Gasteiger partial charge in [0.25, 0.3) is 15.0 Å². The lowest BCUT2D eigenvalue weighted by molar-refractivity contribution is -0.0926. The van der Waals surface area contributed by atoms with E-state index in [-0.39, 0.29) is 0 Å². The summed E-state index contributed by atoms with van der Waals surface area (Å²) in [6.07, 6.45) is 15.3. The normalized spacial score (nSPS) is 37.1. The van der Waals surface area contributed by atoms with Crippen LogP contribution in [0.5, 0.6) is 0 Å². The molecule has 0 bridgehead atoms. The van der Waals surface area contributed by atoms with Crippen molar-refractivity contribution >= 4 is 26.7 Å². The van der Waals surface area contributed by atoms with E-state index in [2.05, 4.69) is 23.9 Å². The fourth-order valence-electron chi connectivity index (χ4n) is 7.17. The third-order valence-corrected chi connectivity index (χ3v) is 12.8. The van der Waals surface area contributed by atoms with E-state index >= 15 is 0 Å². The largest absolute Gasteiger partial charge is 0.432 e. The van der Waals surface area contributed by atoms with Gasteiger partial charge in [0.15, 0.2) is 0 Å². The van der Waals surface area contributed by atoms with E-state index in [0.717, 1.165) is 40.6 Å². The zero-order valence-corrected chi connectivity index (χ0v) is 25.8. The van der Waals surface area contributed by atoms with Crippen molar-refractivity contribution < 1.29 is 19.5 Å². The molecular formula is C30H54B2O4S. The topological polar surface area (TPSA) is 58.9 Å². The standard InChI is InChI=1S/C30H54B2O4S/c1-27(2,33)29(5,6)35-31-21-15-20(16-22(18-21)32-36-30(7,8)28(3,4)34)19-13-14-26-24(17-19)23-11-9-10-12-25(23)37-26/h10,12,19-26,31-34H,9,11,13-18H2,1-8H3.